The highest BCUT2D eigenvalue weighted by Gasteiger charge is 2.19. The summed E-state index contributed by atoms with van der Waals surface area (Å²) in [5, 5.41) is 21.5. The Labute approximate surface area is 198 Å². The topological polar surface area (TPSA) is 137 Å². The van der Waals surface area contributed by atoms with Crippen LogP contribution in [0, 0.1) is 6.92 Å². The van der Waals surface area contributed by atoms with Gasteiger partial charge in [-0.1, -0.05) is 21.9 Å². The Morgan fingerprint density at radius 3 is 2.76 bits per heavy atom. The third-order valence-electron chi connectivity index (χ3n) is 4.98. The predicted octanol–water partition coefficient (Wildman–Crippen LogP) is 4.02. The number of halogens is 1. The van der Waals surface area contributed by atoms with Gasteiger partial charge in [-0.2, -0.15) is 0 Å². The Kier molecular flexibility index (Phi) is 6.69. The molecule has 0 radical (unpaired) electrons. The van der Waals surface area contributed by atoms with Gasteiger partial charge in [-0.3, -0.25) is 4.79 Å². The van der Waals surface area contributed by atoms with Crippen molar-refractivity contribution >= 4 is 34.4 Å². The third kappa shape index (κ3) is 4.67. The fourth-order valence-corrected chi connectivity index (χ4v) is 3.53. The van der Waals surface area contributed by atoms with Crippen LogP contribution in [-0.2, 0) is 16.1 Å². The second-order valence-corrected chi connectivity index (χ2v) is 7.58. The normalized spacial score (nSPS) is 10.9. The molecule has 11 heteroatoms. The Bertz CT molecular complexity index is 1360. The van der Waals surface area contributed by atoms with Crippen LogP contribution in [0.2, 0.25) is 5.02 Å². The monoisotopic (exact) mass is 485 g/mol. The number of rotatable bonds is 8. The van der Waals surface area contributed by atoms with Crippen molar-refractivity contribution in [2.45, 2.75) is 20.4 Å². The molecular weight excluding hydrogens is 466 g/mol. The molecule has 0 atom stereocenters. The summed E-state index contributed by atoms with van der Waals surface area (Å²) < 4.78 is 20.6. The number of aromatic nitrogens is 2. The van der Waals surface area contributed by atoms with Gasteiger partial charge in [0.05, 0.1) is 18.2 Å². The maximum Gasteiger partial charge on any atom is 0.344 e. The Hall–Kier alpha value is -4.05. The smallest absolute Gasteiger partial charge is 0.344 e. The number of nitrogens with one attached hydrogen (secondary N) is 1. The fourth-order valence-electron chi connectivity index (χ4n) is 3.28. The number of benzene rings is 2. The van der Waals surface area contributed by atoms with Gasteiger partial charge < -0.3 is 28.9 Å². The van der Waals surface area contributed by atoms with E-state index in [0.717, 1.165) is 0 Å². The summed E-state index contributed by atoms with van der Waals surface area (Å²) in [4.78, 5) is 23.9. The first-order valence-corrected chi connectivity index (χ1v) is 10.6. The lowest BCUT2D eigenvalue weighted by Gasteiger charge is -2.09. The van der Waals surface area contributed by atoms with Gasteiger partial charge >= 0.3 is 5.97 Å². The molecular formula is C23H20ClN3O7. The number of phenols is 1. The average molecular weight is 486 g/mol. The van der Waals surface area contributed by atoms with Crippen LogP contribution in [0.1, 0.15) is 28.6 Å². The summed E-state index contributed by atoms with van der Waals surface area (Å²) in [5.74, 6) is -0.237. The molecule has 4 rings (SSSR count). The largest absolute Gasteiger partial charge is 0.508 e. The second kappa shape index (κ2) is 9.84. The summed E-state index contributed by atoms with van der Waals surface area (Å²) in [6, 6.07) is 8.16. The van der Waals surface area contributed by atoms with Gasteiger partial charge in [0.15, 0.2) is 12.2 Å². The van der Waals surface area contributed by atoms with Gasteiger partial charge in [0.25, 0.3) is 5.91 Å². The molecule has 0 bridgehead atoms. The van der Waals surface area contributed by atoms with Crippen molar-refractivity contribution in [1.29, 1.82) is 0 Å². The summed E-state index contributed by atoms with van der Waals surface area (Å²) >= 11 is 6.39. The lowest BCUT2D eigenvalue weighted by atomic mass is 10.0. The first-order valence-electron chi connectivity index (χ1n) is 10.3. The molecule has 0 aliphatic rings. The molecule has 0 fully saturated rings. The van der Waals surface area contributed by atoms with Gasteiger partial charge in [-0.25, -0.2) is 4.79 Å². The Balaban J connectivity index is 1.56. The number of hydrogen-bond donors (Lipinski definition) is 2. The number of amides is 1. The number of fused-ring (bicyclic) bond motifs is 1. The fraction of sp³-hybridized carbons (Fsp3) is 0.217. The van der Waals surface area contributed by atoms with E-state index >= 15 is 0 Å². The number of hydrogen-bond acceptors (Lipinski definition) is 9. The van der Waals surface area contributed by atoms with Crippen molar-refractivity contribution in [2.24, 2.45) is 0 Å². The molecule has 1 amide bonds. The molecule has 2 aromatic heterocycles. The minimum absolute atomic E-state index is 0.00609. The first-order chi connectivity index (χ1) is 16.4. The third-order valence-corrected chi connectivity index (χ3v) is 5.34. The van der Waals surface area contributed by atoms with E-state index in [2.05, 4.69) is 15.6 Å². The number of ether oxygens (including phenoxy) is 2. The molecule has 0 saturated heterocycles. The summed E-state index contributed by atoms with van der Waals surface area (Å²) in [6.07, 6.45) is 1.33. The van der Waals surface area contributed by atoms with Crippen LogP contribution in [0.25, 0.3) is 22.2 Å². The van der Waals surface area contributed by atoms with E-state index in [4.69, 9.17) is 30.1 Å². The zero-order valence-corrected chi connectivity index (χ0v) is 19.0. The van der Waals surface area contributed by atoms with Gasteiger partial charge in [0.2, 0.25) is 0 Å². The van der Waals surface area contributed by atoms with Crippen molar-refractivity contribution in [3.05, 3.63) is 58.4 Å². The standard InChI is InChI=1S/C23H20ClN3O7/c1-3-31-19(29)11-32-18-7-5-15-21(27-34-22(15)20(18)24)13-4-6-17(28)14(8-13)9-25-23(30)16-10-26-33-12(16)2/h4-8,10,28H,3,9,11H2,1-2H3,(H,25,30). The maximum atomic E-state index is 12.3. The maximum absolute atomic E-state index is 12.3. The van der Waals surface area contributed by atoms with Crippen LogP contribution in [0.4, 0.5) is 0 Å². The summed E-state index contributed by atoms with van der Waals surface area (Å²) in [5.41, 5.74) is 2.18. The second-order valence-electron chi connectivity index (χ2n) is 7.20. The molecule has 0 unspecified atom stereocenters. The highest BCUT2D eigenvalue weighted by atomic mass is 35.5. The Morgan fingerprint density at radius 1 is 1.21 bits per heavy atom. The molecule has 2 aromatic carbocycles. The quantitative estimate of drug-likeness (QED) is 0.354. The van der Waals surface area contributed by atoms with Crippen molar-refractivity contribution < 1.29 is 33.2 Å². The van der Waals surface area contributed by atoms with E-state index in [-0.39, 0.29) is 47.8 Å². The van der Waals surface area contributed by atoms with Crippen molar-refractivity contribution in [2.75, 3.05) is 13.2 Å². The highest BCUT2D eigenvalue weighted by Crippen LogP contribution is 2.38. The van der Waals surface area contributed by atoms with Crippen LogP contribution in [0.5, 0.6) is 11.5 Å². The molecule has 0 aliphatic heterocycles. The summed E-state index contributed by atoms with van der Waals surface area (Å²) in [6.45, 7) is 3.35. The first kappa shape index (κ1) is 23.1. The predicted molar refractivity (Wildman–Crippen MR) is 121 cm³/mol. The number of phenolic OH excluding ortho intramolecular Hbond substituents is 1. The van der Waals surface area contributed by atoms with Gasteiger partial charge in [0, 0.05) is 17.7 Å². The molecule has 0 saturated carbocycles. The number of esters is 1. The van der Waals surface area contributed by atoms with Crippen LogP contribution in [-0.4, -0.2) is 40.5 Å². The Morgan fingerprint density at radius 2 is 2.03 bits per heavy atom. The minimum Gasteiger partial charge on any atom is -0.508 e. The molecule has 10 nitrogen and oxygen atoms in total. The molecule has 2 heterocycles. The van der Waals surface area contributed by atoms with Crippen molar-refractivity contribution in [3.63, 3.8) is 0 Å². The molecule has 2 N–H and O–H groups in total. The van der Waals surface area contributed by atoms with E-state index in [0.29, 0.717) is 33.5 Å². The van der Waals surface area contributed by atoms with Crippen LogP contribution in [0.15, 0.2) is 45.6 Å². The molecule has 0 aliphatic carbocycles. The van der Waals surface area contributed by atoms with E-state index in [1.807, 2.05) is 0 Å². The lowest BCUT2D eigenvalue weighted by Crippen LogP contribution is -2.23. The average Bonchev–Trinajstić information content (AvgIpc) is 3.45. The highest BCUT2D eigenvalue weighted by molar-refractivity contribution is 6.36. The SMILES string of the molecule is CCOC(=O)COc1ccc2c(-c3ccc(O)c(CNC(=O)c4cnoc4C)c3)noc2c1Cl. The van der Waals surface area contributed by atoms with Gasteiger partial charge in [0.1, 0.15) is 33.5 Å². The molecule has 4 aromatic rings. The van der Waals surface area contributed by atoms with Crippen LogP contribution in [0.3, 0.4) is 0 Å². The molecule has 176 valence electrons. The number of aromatic hydroxyl groups is 1. The summed E-state index contributed by atoms with van der Waals surface area (Å²) in [7, 11) is 0. The number of carbonyl (C=O) groups is 2. The minimum atomic E-state index is -0.514. The van der Waals surface area contributed by atoms with E-state index in [9.17, 15) is 14.7 Å². The van der Waals surface area contributed by atoms with Crippen molar-refractivity contribution in [3.8, 4) is 22.8 Å². The van der Waals surface area contributed by atoms with E-state index in [1.165, 1.54) is 12.3 Å². The zero-order valence-electron chi connectivity index (χ0n) is 18.3. The van der Waals surface area contributed by atoms with Gasteiger partial charge in [-0.05, 0) is 44.2 Å². The van der Waals surface area contributed by atoms with Crippen LogP contribution >= 0.6 is 11.6 Å². The van der Waals surface area contributed by atoms with Crippen molar-refractivity contribution in [1.82, 2.24) is 15.6 Å². The molecule has 0 spiro atoms. The van der Waals surface area contributed by atoms with E-state index < -0.39 is 5.97 Å². The molecule has 34 heavy (non-hydrogen) atoms. The lowest BCUT2D eigenvalue weighted by molar-refractivity contribution is -0.145. The number of aryl methyl sites for hydroxylation is 1. The number of carbonyl (C=O) groups excluding carboxylic acids is 2. The van der Waals surface area contributed by atoms with Crippen LogP contribution < -0.4 is 10.1 Å². The van der Waals surface area contributed by atoms with Gasteiger partial charge in [-0.15, -0.1) is 0 Å². The van der Waals surface area contributed by atoms with E-state index in [1.54, 1.807) is 38.1 Å². The zero-order chi connectivity index (χ0) is 24.2. The number of nitrogens with zero attached hydrogens (tertiary/aromatic N) is 2.